The number of fused-ring (bicyclic) bond motifs is 2. The zero-order chi connectivity index (χ0) is 18.4. The number of nitrogens with zero attached hydrogens (tertiary/aromatic N) is 7. The van der Waals surface area contributed by atoms with Gasteiger partial charge in [-0.3, -0.25) is 0 Å². The number of imidazole rings is 1. The summed E-state index contributed by atoms with van der Waals surface area (Å²) < 4.78 is 1.90. The molecule has 8 heteroatoms. The molecule has 1 atom stereocenters. The van der Waals surface area contributed by atoms with Crippen LogP contribution in [-0.2, 0) is 6.42 Å². The quantitative estimate of drug-likeness (QED) is 0.591. The molecule has 0 amide bonds. The van der Waals surface area contributed by atoms with E-state index in [0.29, 0.717) is 11.5 Å². The van der Waals surface area contributed by atoms with Crippen molar-refractivity contribution in [3.05, 3.63) is 71.2 Å². The molecule has 0 aliphatic carbocycles. The highest BCUT2D eigenvalue weighted by Crippen LogP contribution is 2.35. The van der Waals surface area contributed by atoms with Crippen LogP contribution < -0.4 is 4.90 Å². The van der Waals surface area contributed by atoms with E-state index in [1.165, 1.54) is 5.56 Å². The van der Waals surface area contributed by atoms with Crippen molar-refractivity contribution in [3.8, 4) is 6.07 Å². The van der Waals surface area contributed by atoms with Crippen molar-refractivity contribution in [2.24, 2.45) is 0 Å². The van der Waals surface area contributed by atoms with E-state index >= 15 is 0 Å². The third-order valence-electron chi connectivity index (χ3n) is 5.00. The smallest absolute Gasteiger partial charge is 0.163 e. The van der Waals surface area contributed by atoms with Crippen molar-refractivity contribution in [3.63, 3.8) is 0 Å². The van der Waals surface area contributed by atoms with E-state index in [2.05, 4.69) is 44.1 Å². The molecule has 1 aliphatic rings. The summed E-state index contributed by atoms with van der Waals surface area (Å²) in [5.74, 6) is 0.710. The Morgan fingerprint density at radius 1 is 1.26 bits per heavy atom. The first kappa shape index (κ1) is 15.5. The summed E-state index contributed by atoms with van der Waals surface area (Å²) in [5.41, 5.74) is 5.51. The van der Waals surface area contributed by atoms with Crippen LogP contribution in [-0.4, -0.2) is 36.3 Å². The third kappa shape index (κ3) is 2.44. The minimum atomic E-state index is -0.165. The van der Waals surface area contributed by atoms with Gasteiger partial charge in [0.15, 0.2) is 11.5 Å². The summed E-state index contributed by atoms with van der Waals surface area (Å²) in [4.78, 5) is 9.96. The molecule has 4 aromatic rings. The summed E-state index contributed by atoms with van der Waals surface area (Å²) in [7, 11) is 0. The van der Waals surface area contributed by atoms with Crippen LogP contribution in [0.25, 0.3) is 5.52 Å². The average Bonchev–Trinajstić information content (AvgIpc) is 3.35. The maximum absolute atomic E-state index is 8.98. The molecule has 4 aromatic heterocycles. The van der Waals surface area contributed by atoms with Crippen LogP contribution in [0.15, 0.2) is 42.9 Å². The maximum atomic E-state index is 8.98. The van der Waals surface area contributed by atoms with Crippen molar-refractivity contribution in [2.45, 2.75) is 19.4 Å². The molecule has 5 rings (SSSR count). The molecule has 0 unspecified atom stereocenters. The standard InChI is InChI=1S/C19H16N8/c1-12-3-2-7-27-16(12)9-15(25-27)19-18-14(21-11-22-18)6-8-26(19)17-5-4-13(10-20)23-24-17/h2-5,7,9,11,19H,6,8H2,1H3,(H,21,22)/t19-/m0/s1. The van der Waals surface area contributed by atoms with E-state index < -0.39 is 0 Å². The van der Waals surface area contributed by atoms with Gasteiger partial charge in [0.1, 0.15) is 12.1 Å². The van der Waals surface area contributed by atoms with Crippen LogP contribution in [0.3, 0.4) is 0 Å². The topological polar surface area (TPSA) is 98.8 Å². The molecule has 0 saturated heterocycles. The van der Waals surface area contributed by atoms with Crippen molar-refractivity contribution in [2.75, 3.05) is 11.4 Å². The molecule has 0 bridgehead atoms. The molecular formula is C19H16N8. The van der Waals surface area contributed by atoms with Gasteiger partial charge in [-0.15, -0.1) is 10.2 Å². The van der Waals surface area contributed by atoms with Gasteiger partial charge in [-0.2, -0.15) is 10.4 Å². The molecule has 0 spiro atoms. The zero-order valence-electron chi connectivity index (χ0n) is 14.7. The van der Waals surface area contributed by atoms with Crippen LogP contribution in [0.1, 0.15) is 34.4 Å². The van der Waals surface area contributed by atoms with Gasteiger partial charge in [-0.1, -0.05) is 6.07 Å². The zero-order valence-corrected chi connectivity index (χ0v) is 14.7. The van der Waals surface area contributed by atoms with Crippen molar-refractivity contribution >= 4 is 11.3 Å². The molecule has 0 fully saturated rings. The Hall–Kier alpha value is -3.73. The van der Waals surface area contributed by atoms with Crippen LogP contribution in [0.4, 0.5) is 5.82 Å². The van der Waals surface area contributed by atoms with Gasteiger partial charge in [0.05, 0.1) is 23.2 Å². The molecule has 0 aromatic carbocycles. The highest BCUT2D eigenvalue weighted by molar-refractivity contribution is 5.57. The van der Waals surface area contributed by atoms with E-state index in [1.807, 2.05) is 28.9 Å². The average molecular weight is 356 g/mol. The van der Waals surface area contributed by atoms with Crippen LogP contribution in [0.2, 0.25) is 0 Å². The highest BCUT2D eigenvalue weighted by atomic mass is 15.3. The molecule has 8 nitrogen and oxygen atoms in total. The molecule has 1 N–H and O–H groups in total. The largest absolute Gasteiger partial charge is 0.348 e. The Morgan fingerprint density at radius 2 is 2.19 bits per heavy atom. The second-order valence-electron chi connectivity index (χ2n) is 6.59. The number of hydrogen-bond acceptors (Lipinski definition) is 6. The van der Waals surface area contributed by atoms with E-state index in [-0.39, 0.29) is 6.04 Å². The van der Waals surface area contributed by atoms with E-state index in [1.54, 1.807) is 12.4 Å². The summed E-state index contributed by atoms with van der Waals surface area (Å²) >= 11 is 0. The predicted octanol–water partition coefficient (Wildman–Crippen LogP) is 2.18. The first-order valence-electron chi connectivity index (χ1n) is 8.72. The normalized spacial score (nSPS) is 16.3. The lowest BCUT2D eigenvalue weighted by atomic mass is 9.99. The molecule has 1 aliphatic heterocycles. The Balaban J connectivity index is 1.66. The fraction of sp³-hybridized carbons (Fsp3) is 0.211. The summed E-state index contributed by atoms with van der Waals surface area (Å²) in [6.45, 7) is 2.83. The monoisotopic (exact) mass is 356 g/mol. The van der Waals surface area contributed by atoms with Crippen molar-refractivity contribution < 1.29 is 0 Å². The maximum Gasteiger partial charge on any atom is 0.163 e. The second-order valence-corrected chi connectivity index (χ2v) is 6.59. The van der Waals surface area contributed by atoms with Gasteiger partial charge < -0.3 is 9.88 Å². The molecular weight excluding hydrogens is 340 g/mol. The van der Waals surface area contributed by atoms with E-state index in [9.17, 15) is 0 Å². The number of H-pyrrole nitrogens is 1. The SMILES string of the molecule is Cc1cccn2nc([C@H]3c4nc[nH]c4CCN3c3ccc(C#N)nn3)cc12. The minimum Gasteiger partial charge on any atom is -0.348 e. The predicted molar refractivity (Wildman–Crippen MR) is 98.2 cm³/mol. The molecule has 0 saturated carbocycles. The first-order chi connectivity index (χ1) is 13.2. The number of pyridine rings is 1. The number of hydrogen-bond donors (Lipinski definition) is 1. The Morgan fingerprint density at radius 3 is 2.96 bits per heavy atom. The van der Waals surface area contributed by atoms with Gasteiger partial charge in [0, 0.05) is 24.9 Å². The Kier molecular flexibility index (Phi) is 3.40. The molecule has 0 radical (unpaired) electrons. The fourth-order valence-electron chi connectivity index (χ4n) is 3.67. The first-order valence-corrected chi connectivity index (χ1v) is 8.72. The summed E-state index contributed by atoms with van der Waals surface area (Å²) in [5, 5.41) is 22.0. The van der Waals surface area contributed by atoms with Gasteiger partial charge in [-0.25, -0.2) is 9.50 Å². The van der Waals surface area contributed by atoms with Crippen molar-refractivity contribution in [1.29, 1.82) is 5.26 Å². The number of rotatable bonds is 2. The number of nitriles is 1. The van der Waals surface area contributed by atoms with Crippen LogP contribution in [0.5, 0.6) is 0 Å². The summed E-state index contributed by atoms with van der Waals surface area (Å²) in [6, 6.07) is 11.5. The molecule has 132 valence electrons. The lowest BCUT2D eigenvalue weighted by Gasteiger charge is -2.34. The lowest BCUT2D eigenvalue weighted by molar-refractivity contribution is 0.606. The highest BCUT2D eigenvalue weighted by Gasteiger charge is 2.34. The number of aryl methyl sites for hydroxylation is 1. The molecule has 5 heterocycles. The van der Waals surface area contributed by atoms with Gasteiger partial charge in [0.2, 0.25) is 0 Å². The Bertz CT molecular complexity index is 1160. The third-order valence-corrected chi connectivity index (χ3v) is 5.00. The second kappa shape index (κ2) is 5.92. The number of anilines is 1. The van der Waals surface area contributed by atoms with Gasteiger partial charge in [0.25, 0.3) is 0 Å². The minimum absolute atomic E-state index is 0.165. The van der Waals surface area contributed by atoms with E-state index in [4.69, 9.17) is 10.4 Å². The summed E-state index contributed by atoms with van der Waals surface area (Å²) in [6.07, 6.45) is 4.51. The number of aromatic amines is 1. The fourth-order valence-corrected chi connectivity index (χ4v) is 3.67. The Labute approximate surface area is 155 Å². The number of nitrogens with one attached hydrogen (secondary N) is 1. The van der Waals surface area contributed by atoms with Crippen LogP contribution in [0, 0.1) is 18.3 Å². The van der Waals surface area contributed by atoms with E-state index in [0.717, 1.165) is 35.6 Å². The lowest BCUT2D eigenvalue weighted by Crippen LogP contribution is -2.37. The van der Waals surface area contributed by atoms with Crippen molar-refractivity contribution in [1.82, 2.24) is 29.8 Å². The van der Waals surface area contributed by atoms with Gasteiger partial charge in [-0.05, 0) is 36.8 Å². The van der Waals surface area contributed by atoms with Gasteiger partial charge >= 0.3 is 0 Å². The number of aromatic nitrogens is 6. The molecule has 27 heavy (non-hydrogen) atoms. The van der Waals surface area contributed by atoms with Crippen LogP contribution >= 0.6 is 0 Å².